The summed E-state index contributed by atoms with van der Waals surface area (Å²) in [5.74, 6) is 1.71. The van der Waals surface area contributed by atoms with Crippen LogP contribution < -0.4 is 15.4 Å². The second kappa shape index (κ2) is 11.3. The lowest BCUT2D eigenvalue weighted by Gasteiger charge is -2.22. The molecule has 1 rings (SSSR count). The fourth-order valence-electron chi connectivity index (χ4n) is 2.23. The van der Waals surface area contributed by atoms with Crippen LogP contribution in [0.1, 0.15) is 32.3 Å². The molecule has 1 aromatic rings. The van der Waals surface area contributed by atoms with Gasteiger partial charge in [-0.05, 0) is 31.0 Å². The maximum absolute atomic E-state index is 11.6. The van der Waals surface area contributed by atoms with E-state index in [9.17, 15) is 4.79 Å². The van der Waals surface area contributed by atoms with Crippen LogP contribution in [0.15, 0.2) is 29.3 Å². The molecule has 0 spiro atoms. The van der Waals surface area contributed by atoms with Crippen LogP contribution in [-0.2, 0) is 11.3 Å². The van der Waals surface area contributed by atoms with Gasteiger partial charge in [-0.3, -0.25) is 9.79 Å². The maximum atomic E-state index is 11.6. The smallest absolute Gasteiger partial charge is 0.221 e. The number of guanidine groups is 1. The fraction of sp³-hybridized carbons (Fsp3) is 0.556. The summed E-state index contributed by atoms with van der Waals surface area (Å²) in [5.41, 5.74) is 1.17. The van der Waals surface area contributed by atoms with Crippen molar-refractivity contribution in [2.75, 3.05) is 33.8 Å². The van der Waals surface area contributed by atoms with Gasteiger partial charge in [0.1, 0.15) is 5.75 Å². The first-order chi connectivity index (χ1) is 11.6. The normalized spacial score (nSPS) is 11.1. The van der Waals surface area contributed by atoms with Gasteiger partial charge in [0.2, 0.25) is 5.91 Å². The van der Waals surface area contributed by atoms with Crippen molar-refractivity contribution in [1.29, 1.82) is 0 Å². The first kappa shape index (κ1) is 19.8. The van der Waals surface area contributed by atoms with Crippen LogP contribution in [0.3, 0.4) is 0 Å². The number of ether oxygens (including phenoxy) is 1. The molecular weight excluding hydrogens is 304 g/mol. The minimum absolute atomic E-state index is 0.0639. The van der Waals surface area contributed by atoms with Crippen molar-refractivity contribution < 1.29 is 9.53 Å². The SMILES string of the molecule is CCCNC(=O)CCNC(=NC)N(C)Cc1ccc(OCC)cc1. The predicted molar refractivity (Wildman–Crippen MR) is 98.4 cm³/mol. The Kier molecular flexibility index (Phi) is 9.34. The van der Waals surface area contributed by atoms with Crippen LogP contribution >= 0.6 is 0 Å². The zero-order valence-corrected chi connectivity index (χ0v) is 15.3. The van der Waals surface area contributed by atoms with Crippen LogP contribution in [0, 0.1) is 0 Å². The van der Waals surface area contributed by atoms with Gasteiger partial charge in [0.15, 0.2) is 5.96 Å². The summed E-state index contributed by atoms with van der Waals surface area (Å²) in [6.07, 6.45) is 1.39. The molecule has 134 valence electrons. The Morgan fingerprint density at radius 2 is 1.88 bits per heavy atom. The molecule has 6 nitrogen and oxygen atoms in total. The van der Waals surface area contributed by atoms with Gasteiger partial charge in [-0.2, -0.15) is 0 Å². The molecule has 1 aromatic carbocycles. The van der Waals surface area contributed by atoms with E-state index < -0.39 is 0 Å². The minimum atomic E-state index is 0.0639. The summed E-state index contributed by atoms with van der Waals surface area (Å²) in [6.45, 7) is 6.70. The van der Waals surface area contributed by atoms with Gasteiger partial charge in [-0.15, -0.1) is 0 Å². The largest absolute Gasteiger partial charge is 0.494 e. The maximum Gasteiger partial charge on any atom is 0.221 e. The van der Waals surface area contributed by atoms with E-state index in [1.54, 1.807) is 7.05 Å². The van der Waals surface area contributed by atoms with Gasteiger partial charge < -0.3 is 20.3 Å². The number of hydrogen-bond acceptors (Lipinski definition) is 3. The lowest BCUT2D eigenvalue weighted by molar-refractivity contribution is -0.120. The van der Waals surface area contributed by atoms with E-state index in [4.69, 9.17) is 4.74 Å². The van der Waals surface area contributed by atoms with Gasteiger partial charge in [0.05, 0.1) is 6.61 Å². The number of rotatable bonds is 9. The topological polar surface area (TPSA) is 66.0 Å². The zero-order valence-electron chi connectivity index (χ0n) is 15.3. The summed E-state index contributed by atoms with van der Waals surface area (Å²) >= 11 is 0. The molecule has 0 heterocycles. The second-order valence-corrected chi connectivity index (χ2v) is 5.51. The zero-order chi connectivity index (χ0) is 17.8. The van der Waals surface area contributed by atoms with E-state index in [-0.39, 0.29) is 5.91 Å². The van der Waals surface area contributed by atoms with Gasteiger partial charge >= 0.3 is 0 Å². The van der Waals surface area contributed by atoms with E-state index >= 15 is 0 Å². The van der Waals surface area contributed by atoms with E-state index in [2.05, 4.69) is 15.6 Å². The van der Waals surface area contributed by atoms with Crippen LogP contribution in [0.25, 0.3) is 0 Å². The molecule has 0 unspecified atom stereocenters. The molecule has 0 radical (unpaired) electrons. The van der Waals surface area contributed by atoms with Gasteiger partial charge in [0, 0.05) is 40.2 Å². The lowest BCUT2D eigenvalue weighted by atomic mass is 10.2. The number of nitrogens with one attached hydrogen (secondary N) is 2. The summed E-state index contributed by atoms with van der Waals surface area (Å²) in [5, 5.41) is 6.08. The molecule has 0 aromatic heterocycles. The highest BCUT2D eigenvalue weighted by molar-refractivity contribution is 5.81. The van der Waals surface area contributed by atoms with Gasteiger partial charge in [0.25, 0.3) is 0 Å². The van der Waals surface area contributed by atoms with E-state index in [0.717, 1.165) is 31.2 Å². The first-order valence-electron chi connectivity index (χ1n) is 8.50. The Hall–Kier alpha value is -2.24. The van der Waals surface area contributed by atoms with Crippen molar-refractivity contribution in [2.45, 2.75) is 33.2 Å². The Bertz CT molecular complexity index is 514. The van der Waals surface area contributed by atoms with Crippen molar-refractivity contribution in [2.24, 2.45) is 4.99 Å². The van der Waals surface area contributed by atoms with Crippen LogP contribution in [-0.4, -0.2) is 50.6 Å². The summed E-state index contributed by atoms with van der Waals surface area (Å²) in [6, 6.07) is 8.04. The van der Waals surface area contributed by atoms with Crippen LogP contribution in [0.4, 0.5) is 0 Å². The molecule has 0 bridgehead atoms. The standard InChI is InChI=1S/C18H30N4O2/c1-5-12-20-17(23)11-13-21-18(19-3)22(4)14-15-7-9-16(10-8-15)24-6-2/h7-10H,5-6,11-14H2,1-4H3,(H,19,21)(H,20,23). The number of nitrogens with zero attached hydrogens (tertiary/aromatic N) is 2. The van der Waals surface area contributed by atoms with Crippen LogP contribution in [0.5, 0.6) is 5.75 Å². The van der Waals surface area contributed by atoms with Gasteiger partial charge in [-0.1, -0.05) is 19.1 Å². The number of benzene rings is 1. The minimum Gasteiger partial charge on any atom is -0.494 e. The molecular formula is C18H30N4O2. The third-order valence-electron chi connectivity index (χ3n) is 3.43. The predicted octanol–water partition coefficient (Wildman–Crippen LogP) is 2.01. The monoisotopic (exact) mass is 334 g/mol. The highest BCUT2D eigenvalue weighted by Gasteiger charge is 2.07. The summed E-state index contributed by atoms with van der Waals surface area (Å²) in [7, 11) is 3.72. The van der Waals surface area contributed by atoms with E-state index in [1.807, 2.05) is 50.1 Å². The number of amides is 1. The number of aliphatic imine (C=N–C) groups is 1. The van der Waals surface area contributed by atoms with E-state index in [1.165, 1.54) is 5.56 Å². The fourth-order valence-corrected chi connectivity index (χ4v) is 2.23. The van der Waals surface area contributed by atoms with Gasteiger partial charge in [-0.25, -0.2) is 0 Å². The van der Waals surface area contributed by atoms with Crippen molar-refractivity contribution >= 4 is 11.9 Å². The molecule has 0 aliphatic carbocycles. The molecule has 0 saturated heterocycles. The Balaban J connectivity index is 2.43. The average molecular weight is 334 g/mol. The number of carbonyl (C=O) groups is 1. The summed E-state index contributed by atoms with van der Waals surface area (Å²) < 4.78 is 5.45. The van der Waals surface area contributed by atoms with Crippen molar-refractivity contribution in [3.63, 3.8) is 0 Å². The molecule has 0 aliphatic rings. The van der Waals surface area contributed by atoms with Crippen molar-refractivity contribution in [3.8, 4) is 5.75 Å². The average Bonchev–Trinajstić information content (AvgIpc) is 2.58. The lowest BCUT2D eigenvalue weighted by Crippen LogP contribution is -2.40. The Morgan fingerprint density at radius 1 is 1.17 bits per heavy atom. The van der Waals surface area contributed by atoms with Crippen molar-refractivity contribution in [3.05, 3.63) is 29.8 Å². The molecule has 24 heavy (non-hydrogen) atoms. The van der Waals surface area contributed by atoms with Crippen molar-refractivity contribution in [1.82, 2.24) is 15.5 Å². The quantitative estimate of drug-likeness (QED) is 0.535. The molecule has 1 amide bonds. The molecule has 0 fully saturated rings. The summed E-state index contributed by atoms with van der Waals surface area (Å²) in [4.78, 5) is 17.9. The molecule has 6 heteroatoms. The first-order valence-corrected chi connectivity index (χ1v) is 8.50. The third-order valence-corrected chi connectivity index (χ3v) is 3.43. The molecule has 0 atom stereocenters. The highest BCUT2D eigenvalue weighted by atomic mass is 16.5. The van der Waals surface area contributed by atoms with E-state index in [0.29, 0.717) is 19.6 Å². The molecule has 0 saturated carbocycles. The second-order valence-electron chi connectivity index (χ2n) is 5.51. The molecule has 0 aliphatic heterocycles. The third kappa shape index (κ3) is 7.35. The Labute approximate surface area is 145 Å². The highest BCUT2D eigenvalue weighted by Crippen LogP contribution is 2.13. The Morgan fingerprint density at radius 3 is 2.46 bits per heavy atom. The molecule has 2 N–H and O–H groups in total. The van der Waals surface area contributed by atoms with Crippen LogP contribution in [0.2, 0.25) is 0 Å². The number of carbonyl (C=O) groups excluding carboxylic acids is 1. The number of hydrogen-bond donors (Lipinski definition) is 2.